The number of amides is 1. The monoisotopic (exact) mass is 296 g/mol. The van der Waals surface area contributed by atoms with Crippen molar-refractivity contribution in [3.63, 3.8) is 0 Å². The lowest BCUT2D eigenvalue weighted by Crippen LogP contribution is -2.43. The molecule has 2 aliphatic rings. The maximum atomic E-state index is 11.5. The van der Waals surface area contributed by atoms with Crippen LogP contribution in [0.3, 0.4) is 0 Å². The van der Waals surface area contributed by atoms with Crippen molar-refractivity contribution in [1.29, 1.82) is 0 Å². The van der Waals surface area contributed by atoms with Crippen molar-refractivity contribution in [1.82, 2.24) is 10.2 Å². The van der Waals surface area contributed by atoms with E-state index in [0.29, 0.717) is 18.1 Å². The zero-order valence-corrected chi connectivity index (χ0v) is 14.0. The minimum absolute atomic E-state index is 0.140. The molecule has 1 spiro atoms. The number of likely N-dealkylation sites (tertiary alicyclic amines) is 1. The number of hydrogen-bond donors (Lipinski definition) is 1. The summed E-state index contributed by atoms with van der Waals surface area (Å²) in [5, 5.41) is 2.72. The van der Waals surface area contributed by atoms with Gasteiger partial charge in [-0.2, -0.15) is 0 Å². The highest BCUT2D eigenvalue weighted by atomic mass is 16.5. The molecule has 1 atom stereocenters. The third-order valence-electron chi connectivity index (χ3n) is 5.34. The van der Waals surface area contributed by atoms with E-state index in [4.69, 9.17) is 4.74 Å². The van der Waals surface area contributed by atoms with Crippen LogP contribution in [0.1, 0.15) is 52.4 Å². The quantitative estimate of drug-likeness (QED) is 0.818. The maximum Gasteiger partial charge on any atom is 0.233 e. The molecule has 1 aliphatic heterocycles. The molecule has 2 fully saturated rings. The van der Waals surface area contributed by atoms with E-state index in [1.165, 1.54) is 38.5 Å². The van der Waals surface area contributed by atoms with Crippen LogP contribution in [0.25, 0.3) is 0 Å². The standard InChI is InChI=1S/C17H32N2O2/c1-14(2)21-11-5-15-4-6-17(12-15)7-9-19(10-8-17)13-16(20)18-3/h14-15H,4-13H2,1-3H3,(H,18,20). The Labute approximate surface area is 129 Å². The number of rotatable bonds is 6. The maximum absolute atomic E-state index is 11.5. The highest BCUT2D eigenvalue weighted by Crippen LogP contribution is 2.49. The smallest absolute Gasteiger partial charge is 0.233 e. The van der Waals surface area contributed by atoms with Crippen molar-refractivity contribution in [3.8, 4) is 0 Å². The van der Waals surface area contributed by atoms with Crippen molar-refractivity contribution in [3.05, 3.63) is 0 Å². The first-order chi connectivity index (χ1) is 10.0. The first-order valence-electron chi connectivity index (χ1n) is 8.57. The highest BCUT2D eigenvalue weighted by Gasteiger charge is 2.41. The molecular weight excluding hydrogens is 264 g/mol. The van der Waals surface area contributed by atoms with Crippen LogP contribution < -0.4 is 5.32 Å². The van der Waals surface area contributed by atoms with Gasteiger partial charge in [0.25, 0.3) is 0 Å². The van der Waals surface area contributed by atoms with Gasteiger partial charge in [-0.15, -0.1) is 0 Å². The summed E-state index contributed by atoms with van der Waals surface area (Å²) < 4.78 is 5.70. The number of likely N-dealkylation sites (N-methyl/N-ethyl adjacent to an activating group) is 1. The summed E-state index contributed by atoms with van der Waals surface area (Å²) in [5.41, 5.74) is 0.571. The van der Waals surface area contributed by atoms with Gasteiger partial charge in [-0.3, -0.25) is 9.69 Å². The first kappa shape index (κ1) is 16.8. The summed E-state index contributed by atoms with van der Waals surface area (Å²) in [4.78, 5) is 13.8. The van der Waals surface area contributed by atoms with Crippen molar-refractivity contribution in [2.45, 2.75) is 58.5 Å². The molecular formula is C17H32N2O2. The van der Waals surface area contributed by atoms with Crippen LogP contribution in [0.2, 0.25) is 0 Å². The Hall–Kier alpha value is -0.610. The summed E-state index contributed by atoms with van der Waals surface area (Å²) in [6.45, 7) is 7.88. The minimum Gasteiger partial charge on any atom is -0.379 e. The number of piperidine rings is 1. The molecule has 21 heavy (non-hydrogen) atoms. The van der Waals surface area contributed by atoms with Gasteiger partial charge in [0.05, 0.1) is 12.6 Å². The Morgan fingerprint density at radius 2 is 2.05 bits per heavy atom. The number of nitrogens with one attached hydrogen (secondary N) is 1. The van der Waals surface area contributed by atoms with E-state index in [0.717, 1.165) is 25.6 Å². The van der Waals surface area contributed by atoms with Crippen molar-refractivity contribution < 1.29 is 9.53 Å². The molecule has 1 heterocycles. The van der Waals surface area contributed by atoms with Gasteiger partial charge in [0.15, 0.2) is 0 Å². The zero-order valence-electron chi connectivity index (χ0n) is 14.0. The van der Waals surface area contributed by atoms with E-state index in [2.05, 4.69) is 24.1 Å². The predicted octanol–water partition coefficient (Wildman–Crippen LogP) is 2.43. The number of carbonyl (C=O) groups is 1. The Kier molecular flexibility index (Phi) is 6.06. The minimum atomic E-state index is 0.140. The number of ether oxygens (including phenoxy) is 1. The number of nitrogens with zero attached hydrogens (tertiary/aromatic N) is 1. The van der Waals surface area contributed by atoms with Crippen LogP contribution in [0.5, 0.6) is 0 Å². The molecule has 1 saturated heterocycles. The number of hydrogen-bond acceptors (Lipinski definition) is 3. The van der Waals surface area contributed by atoms with Gasteiger partial charge in [-0.05, 0) is 76.8 Å². The molecule has 0 aromatic heterocycles. The fourth-order valence-electron chi connectivity index (χ4n) is 3.97. The summed E-state index contributed by atoms with van der Waals surface area (Å²) in [6.07, 6.45) is 8.25. The van der Waals surface area contributed by atoms with Crippen LogP contribution in [-0.4, -0.2) is 50.2 Å². The molecule has 4 heteroatoms. The van der Waals surface area contributed by atoms with E-state index in [-0.39, 0.29) is 5.91 Å². The van der Waals surface area contributed by atoms with Crippen LogP contribution in [0, 0.1) is 11.3 Å². The van der Waals surface area contributed by atoms with E-state index in [9.17, 15) is 4.79 Å². The van der Waals surface area contributed by atoms with Gasteiger partial charge >= 0.3 is 0 Å². The van der Waals surface area contributed by atoms with E-state index < -0.39 is 0 Å². The molecule has 2 rings (SSSR count). The molecule has 1 aliphatic carbocycles. The fourth-order valence-corrected chi connectivity index (χ4v) is 3.97. The summed E-state index contributed by atoms with van der Waals surface area (Å²) in [6, 6.07) is 0. The Morgan fingerprint density at radius 1 is 1.33 bits per heavy atom. The van der Waals surface area contributed by atoms with Gasteiger partial charge in [-0.25, -0.2) is 0 Å². The van der Waals surface area contributed by atoms with Crippen LogP contribution >= 0.6 is 0 Å². The van der Waals surface area contributed by atoms with Gasteiger partial charge in [-0.1, -0.05) is 0 Å². The second-order valence-corrected chi connectivity index (χ2v) is 7.27. The van der Waals surface area contributed by atoms with Crippen molar-refractivity contribution in [2.24, 2.45) is 11.3 Å². The summed E-state index contributed by atoms with van der Waals surface area (Å²) in [5.74, 6) is 0.996. The molecule has 1 unspecified atom stereocenters. The molecule has 1 N–H and O–H groups in total. The second-order valence-electron chi connectivity index (χ2n) is 7.27. The lowest BCUT2D eigenvalue weighted by Gasteiger charge is -2.39. The summed E-state index contributed by atoms with van der Waals surface area (Å²) >= 11 is 0. The lowest BCUT2D eigenvalue weighted by atomic mass is 9.76. The zero-order chi connectivity index (χ0) is 15.3. The Balaban J connectivity index is 1.70. The lowest BCUT2D eigenvalue weighted by molar-refractivity contribution is -0.122. The molecule has 0 aromatic rings. The SMILES string of the molecule is CNC(=O)CN1CCC2(CCC(CCOC(C)C)C2)CC1. The Bertz CT molecular complexity index is 336. The molecule has 122 valence electrons. The third-order valence-corrected chi connectivity index (χ3v) is 5.34. The topological polar surface area (TPSA) is 41.6 Å². The largest absolute Gasteiger partial charge is 0.379 e. The van der Waals surface area contributed by atoms with Gasteiger partial charge in [0, 0.05) is 13.7 Å². The summed E-state index contributed by atoms with van der Waals surface area (Å²) in [7, 11) is 1.72. The van der Waals surface area contributed by atoms with E-state index >= 15 is 0 Å². The first-order valence-corrected chi connectivity index (χ1v) is 8.57. The Morgan fingerprint density at radius 3 is 2.67 bits per heavy atom. The molecule has 1 amide bonds. The average Bonchev–Trinajstić information content (AvgIpc) is 2.84. The van der Waals surface area contributed by atoms with Gasteiger partial charge in [0.1, 0.15) is 0 Å². The van der Waals surface area contributed by atoms with Crippen molar-refractivity contribution >= 4 is 5.91 Å². The van der Waals surface area contributed by atoms with Gasteiger partial charge in [0.2, 0.25) is 5.91 Å². The second kappa shape index (κ2) is 7.59. The van der Waals surface area contributed by atoms with E-state index in [1.807, 2.05) is 0 Å². The van der Waals surface area contributed by atoms with Crippen LogP contribution in [-0.2, 0) is 9.53 Å². The molecule has 1 saturated carbocycles. The number of carbonyl (C=O) groups excluding carboxylic acids is 1. The van der Waals surface area contributed by atoms with Crippen molar-refractivity contribution in [2.75, 3.05) is 33.3 Å². The molecule has 0 bridgehead atoms. The molecule has 0 aromatic carbocycles. The average molecular weight is 296 g/mol. The predicted molar refractivity (Wildman–Crippen MR) is 85.2 cm³/mol. The van der Waals surface area contributed by atoms with Gasteiger partial charge < -0.3 is 10.1 Å². The van der Waals surface area contributed by atoms with Crippen LogP contribution in [0.15, 0.2) is 0 Å². The third kappa shape index (κ3) is 4.96. The molecule has 0 radical (unpaired) electrons. The fraction of sp³-hybridized carbons (Fsp3) is 0.941. The highest BCUT2D eigenvalue weighted by molar-refractivity contribution is 5.77. The van der Waals surface area contributed by atoms with E-state index in [1.54, 1.807) is 7.05 Å². The van der Waals surface area contributed by atoms with Crippen LogP contribution in [0.4, 0.5) is 0 Å². The molecule has 4 nitrogen and oxygen atoms in total. The normalized spacial score (nSPS) is 25.6.